The van der Waals surface area contributed by atoms with Crippen LogP contribution in [0, 0.1) is 6.92 Å². The number of furan rings is 1. The van der Waals surface area contributed by atoms with Crippen LogP contribution in [-0.2, 0) is 0 Å². The van der Waals surface area contributed by atoms with Gasteiger partial charge in [0.2, 0.25) is 0 Å². The average Bonchev–Trinajstić information content (AvgIpc) is 3.50. The molecular weight excluding hydrogens is 629 g/mol. The highest BCUT2D eigenvalue weighted by atomic mass is 16.3. The first kappa shape index (κ1) is 30.2. The van der Waals surface area contributed by atoms with Crippen LogP contribution in [0.2, 0.25) is 0 Å². The van der Waals surface area contributed by atoms with E-state index in [0.29, 0.717) is 0 Å². The summed E-state index contributed by atoms with van der Waals surface area (Å²) >= 11 is 0. The van der Waals surface area contributed by atoms with Gasteiger partial charge >= 0.3 is 0 Å². The maximum absolute atomic E-state index is 6.40. The van der Waals surface area contributed by atoms with Gasteiger partial charge in [0.15, 0.2) is 0 Å². The second-order valence-corrected chi connectivity index (χ2v) is 13.8. The number of fused-ring (bicyclic) bond motifs is 5. The molecule has 0 saturated carbocycles. The van der Waals surface area contributed by atoms with Crippen LogP contribution >= 0.6 is 0 Å². The standard InChI is InChI=1S/C51H34O/c1-32-14-3-4-16-35(32)31-49-33(2)46-29-36(26-27-48(46)52-49)38-28-37-17-6-8-20-40(37)47(30-38)51-44-23-11-9-21-42(44)50(43-22-10-12-24-45(43)51)41-25-13-18-34-15-5-7-19-39(34)41/h3-31H,1H2,2H3/b35-31-. The van der Waals surface area contributed by atoms with Crippen LogP contribution in [0.1, 0.15) is 11.3 Å². The first-order chi connectivity index (χ1) is 25.6. The van der Waals surface area contributed by atoms with E-state index in [9.17, 15) is 0 Å². The first-order valence-electron chi connectivity index (χ1n) is 17.9. The fourth-order valence-corrected chi connectivity index (χ4v) is 8.21. The Labute approximate surface area is 302 Å². The number of hydrogen-bond donors (Lipinski definition) is 0. The van der Waals surface area contributed by atoms with E-state index in [1.54, 1.807) is 0 Å². The Morgan fingerprint density at radius 1 is 0.442 bits per heavy atom. The van der Waals surface area contributed by atoms with Gasteiger partial charge in [-0.05, 0) is 124 Å². The third-order valence-electron chi connectivity index (χ3n) is 10.8. The molecule has 10 rings (SSSR count). The molecule has 0 saturated heterocycles. The minimum absolute atomic E-state index is 0.867. The van der Waals surface area contributed by atoms with Crippen molar-refractivity contribution in [1.82, 2.24) is 0 Å². The van der Waals surface area contributed by atoms with E-state index in [4.69, 9.17) is 4.42 Å². The Kier molecular flexibility index (Phi) is 6.94. The molecule has 0 aliphatic heterocycles. The van der Waals surface area contributed by atoms with Crippen LogP contribution in [0.3, 0.4) is 0 Å². The quantitative estimate of drug-likeness (QED) is 0.171. The second-order valence-electron chi connectivity index (χ2n) is 13.8. The van der Waals surface area contributed by atoms with Gasteiger partial charge < -0.3 is 4.42 Å². The molecule has 0 aliphatic rings. The summed E-state index contributed by atoms with van der Waals surface area (Å²) in [4.78, 5) is 0. The Morgan fingerprint density at radius 3 is 1.69 bits per heavy atom. The van der Waals surface area contributed by atoms with Crippen LogP contribution in [0.15, 0.2) is 174 Å². The predicted molar refractivity (Wildman–Crippen MR) is 222 cm³/mol. The van der Waals surface area contributed by atoms with Gasteiger partial charge in [0.05, 0.1) is 0 Å². The van der Waals surface area contributed by atoms with Gasteiger partial charge in [-0.25, -0.2) is 0 Å². The third-order valence-corrected chi connectivity index (χ3v) is 10.8. The molecule has 0 bridgehead atoms. The lowest BCUT2D eigenvalue weighted by Gasteiger charge is -2.20. The summed E-state index contributed by atoms with van der Waals surface area (Å²) in [6, 6.07) is 61.6. The van der Waals surface area contributed by atoms with Crippen LogP contribution in [-0.4, -0.2) is 0 Å². The Morgan fingerprint density at radius 2 is 1.00 bits per heavy atom. The molecule has 0 spiro atoms. The summed E-state index contributed by atoms with van der Waals surface area (Å²) in [6.45, 7) is 6.36. The van der Waals surface area contributed by atoms with Gasteiger partial charge in [-0.1, -0.05) is 152 Å². The van der Waals surface area contributed by atoms with Crippen molar-refractivity contribution in [2.75, 3.05) is 0 Å². The Hall–Kier alpha value is -6.70. The number of benzene rings is 9. The lowest BCUT2D eigenvalue weighted by atomic mass is 9.83. The van der Waals surface area contributed by atoms with Crippen molar-refractivity contribution in [3.63, 3.8) is 0 Å². The minimum Gasteiger partial charge on any atom is -0.456 e. The summed E-state index contributed by atoms with van der Waals surface area (Å²) in [5.41, 5.74) is 9.38. The van der Waals surface area contributed by atoms with E-state index >= 15 is 0 Å². The molecule has 0 unspecified atom stereocenters. The number of hydrogen-bond acceptors (Lipinski definition) is 1. The van der Waals surface area contributed by atoms with Gasteiger partial charge in [-0.3, -0.25) is 0 Å². The molecule has 0 N–H and O–H groups in total. The summed E-state index contributed by atoms with van der Waals surface area (Å²) < 4.78 is 6.40. The van der Waals surface area contributed by atoms with E-state index < -0.39 is 0 Å². The summed E-state index contributed by atoms with van der Waals surface area (Å²) in [6.07, 6.45) is 2.10. The van der Waals surface area contributed by atoms with Crippen molar-refractivity contribution in [3.05, 3.63) is 192 Å². The van der Waals surface area contributed by atoms with E-state index in [-0.39, 0.29) is 0 Å². The molecule has 1 aromatic heterocycles. The molecule has 52 heavy (non-hydrogen) atoms. The zero-order valence-electron chi connectivity index (χ0n) is 28.9. The zero-order chi connectivity index (χ0) is 34.8. The smallest absolute Gasteiger partial charge is 0.135 e. The Bertz CT molecular complexity index is 3100. The van der Waals surface area contributed by atoms with E-state index in [0.717, 1.165) is 38.3 Å². The molecular formula is C51H34O. The highest BCUT2D eigenvalue weighted by Crippen LogP contribution is 2.47. The van der Waals surface area contributed by atoms with Gasteiger partial charge in [0.25, 0.3) is 0 Å². The summed E-state index contributed by atoms with van der Waals surface area (Å²) in [5.74, 6) is 0.867. The van der Waals surface area contributed by atoms with Crippen molar-refractivity contribution in [2.24, 2.45) is 0 Å². The lowest BCUT2D eigenvalue weighted by molar-refractivity contribution is 0.601. The Balaban J connectivity index is 1.24. The van der Waals surface area contributed by atoms with Gasteiger partial charge in [0.1, 0.15) is 11.3 Å². The molecule has 0 atom stereocenters. The third kappa shape index (κ3) is 4.78. The van der Waals surface area contributed by atoms with E-state index in [1.165, 1.54) is 70.9 Å². The maximum Gasteiger partial charge on any atom is 0.135 e. The highest BCUT2D eigenvalue weighted by Gasteiger charge is 2.20. The number of aryl methyl sites for hydroxylation is 1. The van der Waals surface area contributed by atoms with E-state index in [1.807, 2.05) is 18.2 Å². The monoisotopic (exact) mass is 662 g/mol. The second kappa shape index (κ2) is 12.0. The van der Waals surface area contributed by atoms with E-state index in [2.05, 4.69) is 171 Å². The molecule has 1 heterocycles. The van der Waals surface area contributed by atoms with Crippen molar-refractivity contribution >= 4 is 66.7 Å². The minimum atomic E-state index is 0.867. The average molecular weight is 663 g/mol. The van der Waals surface area contributed by atoms with Crippen LogP contribution in [0.25, 0.3) is 100 Å². The summed E-state index contributed by atoms with van der Waals surface area (Å²) in [7, 11) is 0. The number of rotatable bonds is 4. The van der Waals surface area contributed by atoms with Crippen molar-refractivity contribution < 1.29 is 4.42 Å². The van der Waals surface area contributed by atoms with Gasteiger partial charge in [0, 0.05) is 10.9 Å². The molecule has 0 amide bonds. The molecule has 0 radical (unpaired) electrons. The van der Waals surface area contributed by atoms with Crippen molar-refractivity contribution in [1.29, 1.82) is 0 Å². The fourth-order valence-electron chi connectivity index (χ4n) is 8.21. The molecule has 0 fully saturated rings. The van der Waals surface area contributed by atoms with Crippen molar-refractivity contribution in [2.45, 2.75) is 6.92 Å². The predicted octanol–water partition coefficient (Wildman–Crippen LogP) is 12.6. The zero-order valence-corrected chi connectivity index (χ0v) is 28.9. The normalized spacial score (nSPS) is 12.1. The molecule has 1 heteroatoms. The highest BCUT2D eigenvalue weighted by molar-refractivity contribution is 6.25. The topological polar surface area (TPSA) is 13.1 Å². The molecule has 244 valence electrons. The first-order valence-corrected chi connectivity index (χ1v) is 17.9. The molecule has 9 aromatic carbocycles. The largest absolute Gasteiger partial charge is 0.456 e. The summed E-state index contributed by atoms with van der Waals surface area (Å²) in [5, 5.41) is 13.1. The van der Waals surface area contributed by atoms with Crippen LogP contribution in [0.4, 0.5) is 0 Å². The van der Waals surface area contributed by atoms with Gasteiger partial charge in [-0.2, -0.15) is 0 Å². The molecule has 0 aliphatic carbocycles. The molecule has 1 nitrogen and oxygen atoms in total. The lowest BCUT2D eigenvalue weighted by Crippen LogP contribution is -2.21. The van der Waals surface area contributed by atoms with Gasteiger partial charge in [-0.15, -0.1) is 0 Å². The van der Waals surface area contributed by atoms with Crippen LogP contribution < -0.4 is 10.4 Å². The molecule has 10 aromatic rings. The van der Waals surface area contributed by atoms with Crippen LogP contribution in [0.5, 0.6) is 0 Å². The van der Waals surface area contributed by atoms with Crippen molar-refractivity contribution in [3.8, 4) is 33.4 Å². The SMILES string of the molecule is C=c1cccc/c1=C/c1oc2ccc(-c3cc(-c4c5ccccc5c(-c5cccc6ccccc56)c5ccccc45)c4ccccc4c3)cc2c1C. The maximum atomic E-state index is 6.40. The fraction of sp³-hybridized carbons (Fsp3) is 0.0196.